The second-order valence-electron chi connectivity index (χ2n) is 3.87. The molecule has 3 nitrogen and oxygen atoms in total. The number of benzene rings is 1. The highest BCUT2D eigenvalue weighted by atomic mass is 14.9. The lowest BCUT2D eigenvalue weighted by molar-refractivity contribution is 0.691. The summed E-state index contributed by atoms with van der Waals surface area (Å²) in [4.78, 5) is 4.05. The highest BCUT2D eigenvalue weighted by Crippen LogP contribution is 2.22. The molecule has 0 radical (unpaired) electrons. The van der Waals surface area contributed by atoms with Crippen molar-refractivity contribution in [3.05, 3.63) is 59.9 Å². The summed E-state index contributed by atoms with van der Waals surface area (Å²) in [6.07, 6.45) is 3.64. The molecule has 17 heavy (non-hydrogen) atoms. The zero-order valence-corrected chi connectivity index (χ0v) is 10.1. The fraction of sp³-hybridized carbons (Fsp3) is 0.214. The molecule has 0 spiro atoms. The van der Waals surface area contributed by atoms with Crippen molar-refractivity contribution in [2.45, 2.75) is 6.04 Å². The molecular weight excluding hydrogens is 210 g/mol. The molecule has 2 N–H and O–H groups in total. The van der Waals surface area contributed by atoms with E-state index in [9.17, 15) is 0 Å². The van der Waals surface area contributed by atoms with Crippen molar-refractivity contribution in [3.8, 4) is 0 Å². The quantitative estimate of drug-likeness (QED) is 0.842. The van der Waals surface area contributed by atoms with E-state index in [2.05, 4.69) is 39.9 Å². The van der Waals surface area contributed by atoms with E-state index in [-0.39, 0.29) is 6.04 Å². The maximum absolute atomic E-state index is 4.05. The van der Waals surface area contributed by atoms with Crippen LogP contribution in [0, 0.1) is 0 Å². The topological polar surface area (TPSA) is 37.0 Å². The molecule has 2 aromatic rings. The van der Waals surface area contributed by atoms with Crippen molar-refractivity contribution < 1.29 is 0 Å². The first-order valence-electron chi connectivity index (χ1n) is 5.70. The third-order valence-electron chi connectivity index (χ3n) is 2.86. The molecule has 0 amide bonds. The van der Waals surface area contributed by atoms with E-state index >= 15 is 0 Å². The molecule has 1 aromatic heterocycles. The standard InChI is InChI=1S/C14H17N3/c1-15-13-5-3-11(4-6-13)14(16-2)12-7-9-17-10-8-12/h3-10,14-16H,1-2H3. The number of hydrogen-bond donors (Lipinski definition) is 2. The fourth-order valence-electron chi connectivity index (χ4n) is 1.92. The monoisotopic (exact) mass is 227 g/mol. The van der Waals surface area contributed by atoms with Crippen LogP contribution in [0.5, 0.6) is 0 Å². The van der Waals surface area contributed by atoms with E-state index in [0.717, 1.165) is 5.69 Å². The zero-order chi connectivity index (χ0) is 12.1. The SMILES string of the molecule is CNc1ccc(C(NC)c2ccncc2)cc1. The van der Waals surface area contributed by atoms with Crippen LogP contribution in [0.15, 0.2) is 48.8 Å². The van der Waals surface area contributed by atoms with Gasteiger partial charge in [0, 0.05) is 25.1 Å². The molecule has 0 aliphatic rings. The number of rotatable bonds is 4. The van der Waals surface area contributed by atoms with Gasteiger partial charge in [-0.1, -0.05) is 12.1 Å². The van der Waals surface area contributed by atoms with Crippen LogP contribution in [-0.4, -0.2) is 19.1 Å². The van der Waals surface area contributed by atoms with Crippen molar-refractivity contribution in [2.24, 2.45) is 0 Å². The Kier molecular flexibility index (Phi) is 3.73. The van der Waals surface area contributed by atoms with Crippen LogP contribution in [0.3, 0.4) is 0 Å². The molecule has 3 heteroatoms. The van der Waals surface area contributed by atoms with Gasteiger partial charge in [0.15, 0.2) is 0 Å². The second-order valence-corrected chi connectivity index (χ2v) is 3.87. The Labute approximate surface area is 102 Å². The molecule has 0 aliphatic heterocycles. The Morgan fingerprint density at radius 1 is 0.882 bits per heavy atom. The highest BCUT2D eigenvalue weighted by Gasteiger charge is 2.10. The lowest BCUT2D eigenvalue weighted by atomic mass is 10.00. The Bertz CT molecular complexity index is 451. The van der Waals surface area contributed by atoms with Gasteiger partial charge < -0.3 is 10.6 Å². The van der Waals surface area contributed by atoms with E-state index in [1.54, 1.807) is 0 Å². The van der Waals surface area contributed by atoms with Crippen molar-refractivity contribution in [2.75, 3.05) is 19.4 Å². The third-order valence-corrected chi connectivity index (χ3v) is 2.86. The van der Waals surface area contributed by atoms with Gasteiger partial charge in [0.05, 0.1) is 6.04 Å². The van der Waals surface area contributed by atoms with Gasteiger partial charge >= 0.3 is 0 Å². The first kappa shape index (κ1) is 11.6. The van der Waals surface area contributed by atoms with Crippen molar-refractivity contribution in [1.82, 2.24) is 10.3 Å². The normalized spacial score (nSPS) is 12.1. The zero-order valence-electron chi connectivity index (χ0n) is 10.1. The predicted octanol–water partition coefficient (Wildman–Crippen LogP) is 2.43. The average Bonchev–Trinajstić information content (AvgIpc) is 2.42. The molecule has 1 aromatic carbocycles. The van der Waals surface area contributed by atoms with Crippen LogP contribution in [0.25, 0.3) is 0 Å². The van der Waals surface area contributed by atoms with Crippen LogP contribution in [0.2, 0.25) is 0 Å². The van der Waals surface area contributed by atoms with E-state index in [1.165, 1.54) is 11.1 Å². The minimum absolute atomic E-state index is 0.212. The van der Waals surface area contributed by atoms with Gasteiger partial charge in [-0.2, -0.15) is 0 Å². The Balaban J connectivity index is 2.29. The minimum Gasteiger partial charge on any atom is -0.388 e. The summed E-state index contributed by atoms with van der Waals surface area (Å²) in [5, 5.41) is 6.44. The summed E-state index contributed by atoms with van der Waals surface area (Å²) >= 11 is 0. The summed E-state index contributed by atoms with van der Waals surface area (Å²) < 4.78 is 0. The van der Waals surface area contributed by atoms with Gasteiger partial charge in [-0.3, -0.25) is 4.98 Å². The van der Waals surface area contributed by atoms with E-state index in [0.29, 0.717) is 0 Å². The average molecular weight is 227 g/mol. The van der Waals surface area contributed by atoms with Crippen LogP contribution in [-0.2, 0) is 0 Å². The maximum Gasteiger partial charge on any atom is 0.0575 e. The van der Waals surface area contributed by atoms with E-state index in [4.69, 9.17) is 0 Å². The number of hydrogen-bond acceptors (Lipinski definition) is 3. The largest absolute Gasteiger partial charge is 0.388 e. The molecular formula is C14H17N3. The molecule has 1 atom stereocenters. The second kappa shape index (κ2) is 5.46. The Morgan fingerprint density at radius 3 is 2.00 bits per heavy atom. The summed E-state index contributed by atoms with van der Waals surface area (Å²) in [7, 11) is 3.89. The molecule has 1 heterocycles. The molecule has 0 saturated carbocycles. The van der Waals surface area contributed by atoms with Crippen molar-refractivity contribution in [3.63, 3.8) is 0 Å². The van der Waals surface area contributed by atoms with Crippen LogP contribution < -0.4 is 10.6 Å². The summed E-state index contributed by atoms with van der Waals surface area (Å²) in [6.45, 7) is 0. The maximum atomic E-state index is 4.05. The van der Waals surface area contributed by atoms with Gasteiger partial charge in [-0.05, 0) is 42.4 Å². The number of anilines is 1. The number of pyridine rings is 1. The van der Waals surface area contributed by atoms with Gasteiger partial charge in [-0.15, -0.1) is 0 Å². The lowest BCUT2D eigenvalue weighted by Crippen LogP contribution is -2.17. The molecule has 0 bridgehead atoms. The van der Waals surface area contributed by atoms with E-state index < -0.39 is 0 Å². The molecule has 0 fully saturated rings. The highest BCUT2D eigenvalue weighted by molar-refractivity contribution is 5.45. The number of nitrogens with zero attached hydrogens (tertiary/aromatic N) is 1. The van der Waals surface area contributed by atoms with Gasteiger partial charge in [0.2, 0.25) is 0 Å². The van der Waals surface area contributed by atoms with Crippen LogP contribution in [0.4, 0.5) is 5.69 Å². The minimum atomic E-state index is 0.212. The van der Waals surface area contributed by atoms with E-state index in [1.807, 2.05) is 38.6 Å². The van der Waals surface area contributed by atoms with Crippen LogP contribution in [0.1, 0.15) is 17.2 Å². The van der Waals surface area contributed by atoms with Gasteiger partial charge in [0.1, 0.15) is 0 Å². The van der Waals surface area contributed by atoms with Crippen LogP contribution >= 0.6 is 0 Å². The third kappa shape index (κ3) is 2.63. The first-order valence-corrected chi connectivity index (χ1v) is 5.70. The summed E-state index contributed by atoms with van der Waals surface area (Å²) in [5.41, 5.74) is 3.59. The van der Waals surface area contributed by atoms with Crippen molar-refractivity contribution in [1.29, 1.82) is 0 Å². The summed E-state index contributed by atoms with van der Waals surface area (Å²) in [5.74, 6) is 0. The first-order chi connectivity index (χ1) is 8.35. The van der Waals surface area contributed by atoms with Gasteiger partial charge in [0.25, 0.3) is 0 Å². The molecule has 88 valence electrons. The predicted molar refractivity (Wildman–Crippen MR) is 71.1 cm³/mol. The lowest BCUT2D eigenvalue weighted by Gasteiger charge is -2.17. The smallest absolute Gasteiger partial charge is 0.0575 e. The molecule has 2 rings (SSSR count). The fourth-order valence-corrected chi connectivity index (χ4v) is 1.92. The number of nitrogens with one attached hydrogen (secondary N) is 2. The summed E-state index contributed by atoms with van der Waals surface area (Å²) in [6, 6.07) is 12.7. The Hall–Kier alpha value is -1.87. The van der Waals surface area contributed by atoms with Crippen molar-refractivity contribution >= 4 is 5.69 Å². The number of aromatic nitrogens is 1. The molecule has 1 unspecified atom stereocenters. The molecule has 0 aliphatic carbocycles. The molecule has 0 saturated heterocycles. The van der Waals surface area contributed by atoms with Gasteiger partial charge in [-0.25, -0.2) is 0 Å². The Morgan fingerprint density at radius 2 is 1.47 bits per heavy atom.